The van der Waals surface area contributed by atoms with Gasteiger partial charge in [0.15, 0.2) is 0 Å². The average Bonchev–Trinajstić information content (AvgIpc) is 2.33. The molecule has 0 aliphatic rings. The zero-order valence-corrected chi connectivity index (χ0v) is 10.7. The first-order valence-electron chi connectivity index (χ1n) is 5.30. The highest BCUT2D eigenvalue weighted by Crippen LogP contribution is 2.31. The van der Waals surface area contributed by atoms with Gasteiger partial charge in [0, 0.05) is 0 Å². The van der Waals surface area contributed by atoms with Gasteiger partial charge >= 0.3 is 12.6 Å². The number of esters is 1. The minimum atomic E-state index is -3.07. The van der Waals surface area contributed by atoms with Crippen LogP contribution in [0.5, 0.6) is 5.75 Å². The third-order valence-electron chi connectivity index (χ3n) is 2.10. The number of nitriles is 1. The Balaban J connectivity index is 3.09. The Morgan fingerprint density at radius 1 is 1.53 bits per heavy atom. The SMILES string of the molecule is CCOC(=O)Cc1cc(C#N)cc(OC(F)F)c1Cl. The average molecular weight is 290 g/mol. The maximum atomic E-state index is 12.2. The minimum Gasteiger partial charge on any atom is -0.466 e. The molecule has 0 aliphatic carbocycles. The van der Waals surface area contributed by atoms with Gasteiger partial charge in [-0.15, -0.1) is 0 Å². The second-order valence-corrected chi connectivity index (χ2v) is 3.80. The Kier molecular flexibility index (Phi) is 5.52. The largest absolute Gasteiger partial charge is 0.466 e. The summed E-state index contributed by atoms with van der Waals surface area (Å²) in [6.45, 7) is -1.24. The quantitative estimate of drug-likeness (QED) is 0.782. The van der Waals surface area contributed by atoms with Gasteiger partial charge in [0.1, 0.15) is 5.75 Å². The zero-order valence-electron chi connectivity index (χ0n) is 9.95. The second kappa shape index (κ2) is 6.90. The predicted molar refractivity (Wildman–Crippen MR) is 63.1 cm³/mol. The van der Waals surface area contributed by atoms with Gasteiger partial charge in [0.25, 0.3) is 0 Å². The fraction of sp³-hybridized carbons (Fsp3) is 0.333. The zero-order chi connectivity index (χ0) is 14.4. The molecule has 1 rings (SSSR count). The Hall–Kier alpha value is -1.87. The molecule has 0 saturated carbocycles. The molecule has 1 aromatic rings. The summed E-state index contributed by atoms with van der Waals surface area (Å²) in [4.78, 5) is 11.3. The summed E-state index contributed by atoms with van der Waals surface area (Å²) in [7, 11) is 0. The fourth-order valence-corrected chi connectivity index (χ4v) is 1.62. The summed E-state index contributed by atoms with van der Waals surface area (Å²) in [6, 6.07) is 4.20. The molecule has 7 heteroatoms. The highest BCUT2D eigenvalue weighted by Gasteiger charge is 2.16. The van der Waals surface area contributed by atoms with E-state index >= 15 is 0 Å². The summed E-state index contributed by atoms with van der Waals surface area (Å²) < 4.78 is 33.3. The van der Waals surface area contributed by atoms with Gasteiger partial charge in [-0.2, -0.15) is 14.0 Å². The molecule has 0 aromatic heterocycles. The summed E-state index contributed by atoms with van der Waals surface area (Å²) in [6.07, 6.45) is -0.220. The molecular weight excluding hydrogens is 280 g/mol. The number of carbonyl (C=O) groups excluding carboxylic acids is 1. The van der Waals surface area contributed by atoms with E-state index in [1.165, 1.54) is 6.07 Å². The lowest BCUT2D eigenvalue weighted by atomic mass is 10.1. The van der Waals surface area contributed by atoms with Crippen LogP contribution in [0.3, 0.4) is 0 Å². The smallest absolute Gasteiger partial charge is 0.387 e. The summed E-state index contributed by atoms with van der Waals surface area (Å²) in [5, 5.41) is 8.66. The molecule has 0 atom stereocenters. The Morgan fingerprint density at radius 3 is 2.74 bits per heavy atom. The molecule has 0 fully saturated rings. The first-order valence-corrected chi connectivity index (χ1v) is 5.68. The summed E-state index contributed by atoms with van der Waals surface area (Å²) in [5.41, 5.74) is 0.272. The summed E-state index contributed by atoms with van der Waals surface area (Å²) >= 11 is 5.85. The van der Waals surface area contributed by atoms with Crippen molar-refractivity contribution in [1.29, 1.82) is 5.26 Å². The van der Waals surface area contributed by atoms with Gasteiger partial charge < -0.3 is 9.47 Å². The number of carbonyl (C=O) groups is 1. The number of ether oxygens (including phenoxy) is 2. The second-order valence-electron chi connectivity index (χ2n) is 3.42. The molecule has 0 radical (unpaired) electrons. The minimum absolute atomic E-state index is 0.0688. The highest BCUT2D eigenvalue weighted by atomic mass is 35.5. The number of hydrogen-bond donors (Lipinski definition) is 0. The number of halogens is 3. The van der Waals surface area contributed by atoms with Crippen LogP contribution in [0.25, 0.3) is 0 Å². The van der Waals surface area contributed by atoms with E-state index in [1.807, 2.05) is 0 Å². The van der Waals surface area contributed by atoms with Gasteiger partial charge in [-0.25, -0.2) is 0 Å². The van der Waals surface area contributed by atoms with Crippen molar-refractivity contribution < 1.29 is 23.0 Å². The molecule has 0 unspecified atom stereocenters. The molecule has 0 saturated heterocycles. The van der Waals surface area contributed by atoms with E-state index in [0.29, 0.717) is 0 Å². The number of alkyl halides is 2. The fourth-order valence-electron chi connectivity index (χ4n) is 1.40. The van der Waals surface area contributed by atoms with Crippen LogP contribution < -0.4 is 4.74 Å². The van der Waals surface area contributed by atoms with Gasteiger partial charge in [-0.05, 0) is 24.6 Å². The van der Waals surface area contributed by atoms with E-state index < -0.39 is 12.6 Å². The lowest BCUT2D eigenvalue weighted by molar-refractivity contribution is -0.142. The predicted octanol–water partition coefficient (Wildman–Crippen LogP) is 2.92. The number of benzene rings is 1. The maximum absolute atomic E-state index is 12.2. The highest BCUT2D eigenvalue weighted by molar-refractivity contribution is 6.33. The molecule has 0 heterocycles. The molecule has 0 aliphatic heterocycles. The van der Waals surface area contributed by atoms with Gasteiger partial charge in [-0.3, -0.25) is 4.79 Å². The molecule has 1 aromatic carbocycles. The lowest BCUT2D eigenvalue weighted by Crippen LogP contribution is -2.09. The third-order valence-corrected chi connectivity index (χ3v) is 2.53. The van der Waals surface area contributed by atoms with E-state index in [-0.39, 0.29) is 34.9 Å². The van der Waals surface area contributed by atoms with Gasteiger partial charge in [-0.1, -0.05) is 11.6 Å². The van der Waals surface area contributed by atoms with E-state index in [1.54, 1.807) is 13.0 Å². The van der Waals surface area contributed by atoms with Gasteiger partial charge in [0.2, 0.25) is 0 Å². The molecule has 0 spiro atoms. The van der Waals surface area contributed by atoms with Crippen molar-refractivity contribution in [3.8, 4) is 11.8 Å². The maximum Gasteiger partial charge on any atom is 0.387 e. The van der Waals surface area contributed by atoms with Crippen LogP contribution in [0, 0.1) is 11.3 Å². The molecule has 0 N–H and O–H groups in total. The van der Waals surface area contributed by atoms with Crippen LogP contribution in [0.2, 0.25) is 5.02 Å². The van der Waals surface area contributed by atoms with Crippen molar-refractivity contribution in [3.05, 3.63) is 28.3 Å². The van der Waals surface area contributed by atoms with Crippen molar-refractivity contribution in [2.75, 3.05) is 6.61 Å². The molecule has 0 amide bonds. The van der Waals surface area contributed by atoms with E-state index in [2.05, 4.69) is 4.74 Å². The van der Waals surface area contributed by atoms with E-state index in [9.17, 15) is 13.6 Å². The molecule has 19 heavy (non-hydrogen) atoms. The van der Waals surface area contributed by atoms with Crippen LogP contribution in [0.15, 0.2) is 12.1 Å². The Morgan fingerprint density at radius 2 is 2.21 bits per heavy atom. The van der Waals surface area contributed by atoms with Crippen molar-refractivity contribution in [2.24, 2.45) is 0 Å². The molecule has 0 bridgehead atoms. The monoisotopic (exact) mass is 289 g/mol. The van der Waals surface area contributed by atoms with Crippen LogP contribution in [0.1, 0.15) is 18.1 Å². The first-order chi connectivity index (χ1) is 8.97. The topological polar surface area (TPSA) is 59.3 Å². The van der Waals surface area contributed by atoms with Crippen molar-refractivity contribution in [2.45, 2.75) is 20.0 Å². The van der Waals surface area contributed by atoms with Crippen molar-refractivity contribution in [1.82, 2.24) is 0 Å². The normalized spacial score (nSPS) is 10.1. The van der Waals surface area contributed by atoms with Crippen LogP contribution in [-0.4, -0.2) is 19.2 Å². The number of hydrogen-bond acceptors (Lipinski definition) is 4. The van der Waals surface area contributed by atoms with Crippen molar-refractivity contribution >= 4 is 17.6 Å². The van der Waals surface area contributed by atoms with Crippen LogP contribution in [0.4, 0.5) is 8.78 Å². The van der Waals surface area contributed by atoms with E-state index in [0.717, 1.165) is 6.07 Å². The molecule has 4 nitrogen and oxygen atoms in total. The van der Waals surface area contributed by atoms with Crippen molar-refractivity contribution in [3.63, 3.8) is 0 Å². The molecular formula is C12H10ClF2NO3. The van der Waals surface area contributed by atoms with Gasteiger partial charge in [0.05, 0.1) is 29.7 Å². The number of rotatable bonds is 5. The van der Waals surface area contributed by atoms with E-state index in [4.69, 9.17) is 21.6 Å². The lowest BCUT2D eigenvalue weighted by Gasteiger charge is -2.11. The van der Waals surface area contributed by atoms with Crippen LogP contribution >= 0.6 is 11.6 Å². The van der Waals surface area contributed by atoms with Crippen LogP contribution in [-0.2, 0) is 16.0 Å². The third kappa shape index (κ3) is 4.38. The first kappa shape index (κ1) is 15.2. The summed E-state index contributed by atoms with van der Waals surface area (Å²) in [5.74, 6) is -0.905. The standard InChI is InChI=1S/C12H10ClF2NO3/c1-2-18-10(17)5-8-3-7(6-16)4-9(11(8)13)19-12(14)15/h3-4,12H,2,5H2,1H3. The number of nitrogens with zero attached hydrogens (tertiary/aromatic N) is 1. The molecule has 102 valence electrons. The Labute approximate surface area is 113 Å². The Bertz CT molecular complexity index is 514.